The predicted molar refractivity (Wildman–Crippen MR) is 120 cm³/mol. The zero-order chi connectivity index (χ0) is 21.3. The number of nitrogens with zero attached hydrogens (tertiary/aromatic N) is 3. The fourth-order valence-corrected chi connectivity index (χ4v) is 4.88. The summed E-state index contributed by atoms with van der Waals surface area (Å²) in [5.41, 5.74) is 1.96. The Labute approximate surface area is 181 Å². The first-order valence-corrected chi connectivity index (χ1v) is 11.0. The lowest BCUT2D eigenvalue weighted by molar-refractivity contribution is -0.135. The molecule has 7 nitrogen and oxygen atoms in total. The van der Waals surface area contributed by atoms with E-state index < -0.39 is 0 Å². The third kappa shape index (κ3) is 4.27. The smallest absolute Gasteiger partial charge is 0.260 e. The number of ether oxygens (including phenoxy) is 1. The number of thiophene rings is 1. The van der Waals surface area contributed by atoms with Crippen molar-refractivity contribution in [3.8, 4) is 5.75 Å². The number of benzene rings is 1. The van der Waals surface area contributed by atoms with E-state index in [0.29, 0.717) is 11.6 Å². The van der Waals surface area contributed by atoms with Crippen LogP contribution in [0.5, 0.6) is 5.75 Å². The molecule has 30 heavy (non-hydrogen) atoms. The average molecular weight is 441 g/mol. The Kier molecular flexibility index (Phi) is 5.65. The quantitative estimate of drug-likeness (QED) is 0.490. The van der Waals surface area contributed by atoms with Gasteiger partial charge in [0.05, 0.1) is 26.5 Å². The number of hydrogen-bond acceptors (Lipinski definition) is 7. The zero-order valence-electron chi connectivity index (χ0n) is 16.8. The van der Waals surface area contributed by atoms with E-state index in [2.05, 4.69) is 15.3 Å². The number of thiazole rings is 1. The van der Waals surface area contributed by atoms with Crippen molar-refractivity contribution in [3.63, 3.8) is 0 Å². The van der Waals surface area contributed by atoms with E-state index in [0.717, 1.165) is 30.9 Å². The third-order valence-electron chi connectivity index (χ3n) is 4.51. The second-order valence-corrected chi connectivity index (χ2v) is 9.07. The molecule has 3 aromatic heterocycles. The Bertz CT molecular complexity index is 1250. The number of aromatic nitrogens is 2. The molecule has 1 aromatic carbocycles. The monoisotopic (exact) mass is 440 g/mol. The molecule has 4 aromatic rings. The highest BCUT2D eigenvalue weighted by molar-refractivity contribution is 7.21. The molecule has 0 fully saturated rings. The standard InChI is InChI=1S/C21H20N4O3S2/c1-12-4-6-22-17(8-12)24-18(26)10-25(3)19(27)11-28-15-9-16-20(23-13(2)30-16)21-14(15)5-7-29-21/h4-9H,10-11H2,1-3H3,(H,22,24,26). The van der Waals surface area contributed by atoms with Crippen molar-refractivity contribution in [2.45, 2.75) is 13.8 Å². The molecule has 0 radical (unpaired) electrons. The summed E-state index contributed by atoms with van der Waals surface area (Å²) in [6, 6.07) is 7.52. The van der Waals surface area contributed by atoms with E-state index in [9.17, 15) is 9.59 Å². The molecule has 3 heterocycles. The highest BCUT2D eigenvalue weighted by Crippen LogP contribution is 2.38. The predicted octanol–water partition coefficient (Wildman–Crippen LogP) is 4.00. The molecule has 0 unspecified atom stereocenters. The lowest BCUT2D eigenvalue weighted by Crippen LogP contribution is -2.37. The number of anilines is 1. The number of aryl methyl sites for hydroxylation is 2. The first-order chi connectivity index (χ1) is 14.4. The van der Waals surface area contributed by atoms with Crippen molar-refractivity contribution in [2.24, 2.45) is 0 Å². The maximum absolute atomic E-state index is 12.5. The highest BCUT2D eigenvalue weighted by Gasteiger charge is 2.17. The summed E-state index contributed by atoms with van der Waals surface area (Å²) in [5.74, 6) is 0.514. The van der Waals surface area contributed by atoms with Gasteiger partial charge in [-0.2, -0.15) is 0 Å². The molecular formula is C21H20N4O3S2. The van der Waals surface area contributed by atoms with E-state index in [4.69, 9.17) is 4.74 Å². The third-order valence-corrected chi connectivity index (χ3v) is 6.35. The summed E-state index contributed by atoms with van der Waals surface area (Å²) in [4.78, 5) is 34.7. The zero-order valence-corrected chi connectivity index (χ0v) is 18.4. The van der Waals surface area contributed by atoms with Gasteiger partial charge in [-0.15, -0.1) is 22.7 Å². The van der Waals surface area contributed by atoms with Gasteiger partial charge < -0.3 is 15.0 Å². The normalized spacial score (nSPS) is 11.0. The van der Waals surface area contributed by atoms with Gasteiger partial charge in [0.1, 0.15) is 11.6 Å². The number of hydrogen-bond donors (Lipinski definition) is 1. The molecule has 0 bridgehead atoms. The second kappa shape index (κ2) is 8.37. The molecule has 9 heteroatoms. The number of nitrogens with one attached hydrogen (secondary N) is 1. The summed E-state index contributed by atoms with van der Waals surface area (Å²) in [5, 5.41) is 6.61. The molecule has 0 spiro atoms. The van der Waals surface area contributed by atoms with Crippen LogP contribution in [-0.4, -0.2) is 46.9 Å². The first kappa shape index (κ1) is 20.2. The first-order valence-electron chi connectivity index (χ1n) is 9.27. The Morgan fingerprint density at radius 2 is 2.07 bits per heavy atom. The van der Waals surface area contributed by atoms with E-state index in [1.807, 2.05) is 37.4 Å². The summed E-state index contributed by atoms with van der Waals surface area (Å²) in [6.45, 7) is 3.65. The molecule has 0 atom stereocenters. The van der Waals surface area contributed by atoms with Gasteiger partial charge in [0, 0.05) is 24.7 Å². The Balaban J connectivity index is 1.40. The van der Waals surface area contributed by atoms with Crippen LogP contribution in [0.2, 0.25) is 0 Å². The number of likely N-dealkylation sites (N-methyl/N-ethyl adjacent to an activating group) is 1. The maximum Gasteiger partial charge on any atom is 0.260 e. The molecule has 4 rings (SSSR count). The van der Waals surface area contributed by atoms with Gasteiger partial charge in [-0.05, 0) is 43.0 Å². The van der Waals surface area contributed by atoms with Crippen molar-refractivity contribution in [1.82, 2.24) is 14.9 Å². The summed E-state index contributed by atoms with van der Waals surface area (Å²) in [6.07, 6.45) is 1.63. The molecule has 0 aliphatic heterocycles. The number of rotatable bonds is 6. The highest BCUT2D eigenvalue weighted by atomic mass is 32.1. The number of amides is 2. The van der Waals surface area contributed by atoms with Crippen LogP contribution in [0.3, 0.4) is 0 Å². The molecule has 0 aliphatic carbocycles. The van der Waals surface area contributed by atoms with Crippen molar-refractivity contribution >= 4 is 60.6 Å². The summed E-state index contributed by atoms with van der Waals surface area (Å²) < 4.78 is 7.93. The van der Waals surface area contributed by atoms with E-state index in [1.165, 1.54) is 4.90 Å². The lowest BCUT2D eigenvalue weighted by atomic mass is 10.2. The minimum absolute atomic E-state index is 0.0846. The van der Waals surface area contributed by atoms with Crippen molar-refractivity contribution in [3.05, 3.63) is 46.4 Å². The van der Waals surface area contributed by atoms with E-state index >= 15 is 0 Å². The number of fused-ring (bicyclic) bond motifs is 3. The van der Waals surface area contributed by atoms with Gasteiger partial charge in [-0.25, -0.2) is 9.97 Å². The average Bonchev–Trinajstić information content (AvgIpc) is 3.31. The van der Waals surface area contributed by atoms with Crippen LogP contribution in [0.1, 0.15) is 10.6 Å². The number of pyridine rings is 1. The number of carbonyl (C=O) groups is 2. The second-order valence-electron chi connectivity index (χ2n) is 6.92. The van der Waals surface area contributed by atoms with Crippen LogP contribution >= 0.6 is 22.7 Å². The van der Waals surface area contributed by atoms with E-state index in [-0.39, 0.29) is 25.0 Å². The molecule has 2 amide bonds. The molecule has 0 aliphatic rings. The van der Waals surface area contributed by atoms with Crippen molar-refractivity contribution in [2.75, 3.05) is 25.5 Å². The van der Waals surface area contributed by atoms with Gasteiger partial charge in [0.2, 0.25) is 5.91 Å². The van der Waals surface area contributed by atoms with Crippen LogP contribution < -0.4 is 10.1 Å². The van der Waals surface area contributed by atoms with Gasteiger partial charge in [-0.3, -0.25) is 9.59 Å². The van der Waals surface area contributed by atoms with Crippen LogP contribution in [0.25, 0.3) is 20.3 Å². The minimum atomic E-state index is -0.314. The lowest BCUT2D eigenvalue weighted by Gasteiger charge is -2.17. The minimum Gasteiger partial charge on any atom is -0.483 e. The molecular weight excluding hydrogens is 420 g/mol. The van der Waals surface area contributed by atoms with Gasteiger partial charge in [0.15, 0.2) is 6.61 Å². The molecule has 0 saturated heterocycles. The number of carbonyl (C=O) groups excluding carboxylic acids is 2. The topological polar surface area (TPSA) is 84.4 Å². The Hall–Kier alpha value is -3.04. The largest absolute Gasteiger partial charge is 0.483 e. The Morgan fingerprint density at radius 3 is 2.87 bits per heavy atom. The van der Waals surface area contributed by atoms with Crippen molar-refractivity contribution < 1.29 is 14.3 Å². The SMILES string of the molecule is Cc1ccnc(NC(=O)CN(C)C(=O)COc2cc3sc(C)nc3c3sccc23)c1. The Morgan fingerprint density at radius 1 is 1.23 bits per heavy atom. The summed E-state index contributed by atoms with van der Waals surface area (Å²) >= 11 is 3.20. The van der Waals surface area contributed by atoms with Crippen LogP contribution in [0.4, 0.5) is 5.82 Å². The molecule has 154 valence electrons. The van der Waals surface area contributed by atoms with E-state index in [1.54, 1.807) is 42.0 Å². The maximum atomic E-state index is 12.5. The molecule has 1 N–H and O–H groups in total. The van der Waals surface area contributed by atoms with Crippen LogP contribution in [-0.2, 0) is 9.59 Å². The summed E-state index contributed by atoms with van der Waals surface area (Å²) in [7, 11) is 1.57. The molecule has 0 saturated carbocycles. The van der Waals surface area contributed by atoms with Gasteiger partial charge >= 0.3 is 0 Å². The van der Waals surface area contributed by atoms with Crippen molar-refractivity contribution in [1.29, 1.82) is 0 Å². The van der Waals surface area contributed by atoms with Crippen LogP contribution in [0.15, 0.2) is 35.8 Å². The fourth-order valence-electron chi connectivity index (χ4n) is 3.05. The fraction of sp³-hybridized carbons (Fsp3) is 0.238. The van der Waals surface area contributed by atoms with Gasteiger partial charge in [0.25, 0.3) is 5.91 Å². The van der Waals surface area contributed by atoms with Gasteiger partial charge in [-0.1, -0.05) is 0 Å². The van der Waals surface area contributed by atoms with Crippen LogP contribution in [0, 0.1) is 13.8 Å².